The van der Waals surface area contributed by atoms with Crippen LogP contribution in [-0.2, 0) is 10.0 Å². The van der Waals surface area contributed by atoms with Gasteiger partial charge in [0.2, 0.25) is 15.9 Å². The number of carbonyl (C=O) groups is 1. The summed E-state index contributed by atoms with van der Waals surface area (Å²) in [5.41, 5.74) is 5.30. The van der Waals surface area contributed by atoms with Gasteiger partial charge in [-0.3, -0.25) is 4.79 Å². The monoisotopic (exact) mass is 298 g/mol. The second-order valence-electron chi connectivity index (χ2n) is 5.02. The van der Waals surface area contributed by atoms with Gasteiger partial charge in [0.15, 0.2) is 0 Å². The van der Waals surface area contributed by atoms with Crippen molar-refractivity contribution >= 4 is 15.9 Å². The van der Waals surface area contributed by atoms with Gasteiger partial charge in [0.1, 0.15) is 0 Å². The summed E-state index contributed by atoms with van der Waals surface area (Å²) in [5, 5.41) is 9.41. The van der Waals surface area contributed by atoms with Crippen LogP contribution in [0.25, 0.3) is 0 Å². The summed E-state index contributed by atoms with van der Waals surface area (Å²) < 4.78 is 27.1. The third-order valence-corrected chi connectivity index (χ3v) is 4.97. The van der Waals surface area contributed by atoms with Crippen LogP contribution in [0.2, 0.25) is 0 Å². The van der Waals surface area contributed by atoms with Gasteiger partial charge in [-0.2, -0.15) is 0 Å². The van der Waals surface area contributed by atoms with E-state index in [-0.39, 0.29) is 22.6 Å². The minimum atomic E-state index is -3.67. The number of aliphatic hydroxyl groups is 1. The largest absolute Gasteiger partial charge is 0.393 e. The van der Waals surface area contributed by atoms with Gasteiger partial charge in [-0.15, -0.1) is 0 Å². The van der Waals surface area contributed by atoms with Crippen molar-refractivity contribution in [3.8, 4) is 0 Å². The van der Waals surface area contributed by atoms with E-state index in [2.05, 4.69) is 4.72 Å². The highest BCUT2D eigenvalue weighted by molar-refractivity contribution is 7.89. The Balaban J connectivity index is 2.14. The van der Waals surface area contributed by atoms with Crippen LogP contribution in [-0.4, -0.2) is 31.6 Å². The molecule has 4 N–H and O–H groups in total. The van der Waals surface area contributed by atoms with Crippen molar-refractivity contribution in [3.63, 3.8) is 0 Å². The van der Waals surface area contributed by atoms with Crippen molar-refractivity contribution in [2.45, 2.75) is 42.7 Å². The number of sulfonamides is 1. The third kappa shape index (κ3) is 3.56. The second kappa shape index (κ2) is 5.90. The fourth-order valence-corrected chi connectivity index (χ4v) is 3.65. The Morgan fingerprint density at radius 3 is 2.50 bits per heavy atom. The lowest BCUT2D eigenvalue weighted by Gasteiger charge is -2.26. The molecule has 0 aromatic heterocycles. The van der Waals surface area contributed by atoms with Crippen LogP contribution in [0, 0.1) is 0 Å². The standard InChI is InChI=1S/C13H18N2O4S/c14-13(17)9-2-1-3-12(8-9)20(18,19)15-10-4-6-11(16)7-5-10/h1-3,8,10-11,15-16H,4-7H2,(H2,14,17). The van der Waals surface area contributed by atoms with Gasteiger partial charge in [0, 0.05) is 11.6 Å². The molecule has 110 valence electrons. The van der Waals surface area contributed by atoms with Crippen molar-refractivity contribution in [3.05, 3.63) is 29.8 Å². The lowest BCUT2D eigenvalue weighted by molar-refractivity contribution is 0.1000. The van der Waals surface area contributed by atoms with Crippen LogP contribution in [0.5, 0.6) is 0 Å². The first-order valence-corrected chi connectivity index (χ1v) is 7.97. The number of nitrogens with one attached hydrogen (secondary N) is 1. The molecule has 6 nitrogen and oxygen atoms in total. The van der Waals surface area contributed by atoms with E-state index in [1.54, 1.807) is 0 Å². The zero-order valence-electron chi connectivity index (χ0n) is 11.0. The van der Waals surface area contributed by atoms with E-state index in [1.807, 2.05) is 0 Å². The summed E-state index contributed by atoms with van der Waals surface area (Å²) in [6, 6.07) is 5.47. The van der Waals surface area contributed by atoms with E-state index < -0.39 is 15.9 Å². The summed E-state index contributed by atoms with van der Waals surface area (Å²) >= 11 is 0. The van der Waals surface area contributed by atoms with E-state index in [1.165, 1.54) is 24.3 Å². The molecule has 1 amide bonds. The highest BCUT2D eigenvalue weighted by atomic mass is 32.2. The molecule has 1 aromatic carbocycles. The van der Waals surface area contributed by atoms with Crippen LogP contribution < -0.4 is 10.5 Å². The summed E-state index contributed by atoms with van der Waals surface area (Å²) in [5.74, 6) is -0.664. The first-order valence-electron chi connectivity index (χ1n) is 6.49. The molecule has 0 bridgehead atoms. The molecule has 20 heavy (non-hydrogen) atoms. The number of amides is 1. The normalized spacial score (nSPS) is 23.4. The van der Waals surface area contributed by atoms with Crippen LogP contribution in [0.4, 0.5) is 0 Å². The number of hydrogen-bond acceptors (Lipinski definition) is 4. The van der Waals surface area contributed by atoms with Gasteiger partial charge in [-0.05, 0) is 43.9 Å². The minimum absolute atomic E-state index is 0.0277. The second-order valence-corrected chi connectivity index (χ2v) is 6.73. The molecule has 7 heteroatoms. The molecule has 0 radical (unpaired) electrons. The fraction of sp³-hybridized carbons (Fsp3) is 0.462. The zero-order chi connectivity index (χ0) is 14.8. The molecule has 0 spiro atoms. The number of primary amides is 1. The molecule has 0 atom stereocenters. The highest BCUT2D eigenvalue weighted by Crippen LogP contribution is 2.20. The van der Waals surface area contributed by atoms with Gasteiger partial charge in [0.25, 0.3) is 0 Å². The van der Waals surface area contributed by atoms with Crippen LogP contribution in [0.1, 0.15) is 36.0 Å². The fourth-order valence-electron chi connectivity index (χ4n) is 2.30. The predicted octanol–water partition coefficient (Wildman–Crippen LogP) is 0.367. The van der Waals surface area contributed by atoms with E-state index >= 15 is 0 Å². The smallest absolute Gasteiger partial charge is 0.248 e. The molecule has 2 rings (SSSR count). The molecule has 1 saturated carbocycles. The van der Waals surface area contributed by atoms with Gasteiger partial charge < -0.3 is 10.8 Å². The van der Waals surface area contributed by atoms with E-state index in [4.69, 9.17) is 5.73 Å². The predicted molar refractivity (Wildman–Crippen MR) is 73.5 cm³/mol. The maximum Gasteiger partial charge on any atom is 0.248 e. The number of nitrogens with two attached hydrogens (primary N) is 1. The van der Waals surface area contributed by atoms with Crippen molar-refractivity contribution < 1.29 is 18.3 Å². The SMILES string of the molecule is NC(=O)c1cccc(S(=O)(=O)NC2CCC(O)CC2)c1. The summed E-state index contributed by atoms with van der Waals surface area (Å²) in [7, 11) is -3.67. The van der Waals surface area contributed by atoms with Crippen LogP contribution in [0.15, 0.2) is 29.2 Å². The molecular formula is C13H18N2O4S. The van der Waals surface area contributed by atoms with Crippen molar-refractivity contribution in [1.29, 1.82) is 0 Å². The number of aliphatic hydroxyl groups excluding tert-OH is 1. The maximum absolute atomic E-state index is 12.2. The Kier molecular flexibility index (Phi) is 4.42. The molecular weight excluding hydrogens is 280 g/mol. The summed E-state index contributed by atoms with van der Waals surface area (Å²) in [4.78, 5) is 11.1. The van der Waals surface area contributed by atoms with Crippen molar-refractivity contribution in [1.82, 2.24) is 4.72 Å². The zero-order valence-corrected chi connectivity index (χ0v) is 11.8. The minimum Gasteiger partial charge on any atom is -0.393 e. The average Bonchev–Trinajstić information content (AvgIpc) is 2.41. The Morgan fingerprint density at radius 1 is 1.25 bits per heavy atom. The van der Waals surface area contributed by atoms with E-state index in [0.717, 1.165) is 0 Å². The number of benzene rings is 1. The molecule has 0 aliphatic heterocycles. The number of carbonyl (C=O) groups excluding carboxylic acids is 1. The van der Waals surface area contributed by atoms with Gasteiger partial charge in [0.05, 0.1) is 11.0 Å². The molecule has 0 unspecified atom stereocenters. The van der Waals surface area contributed by atoms with Crippen LogP contribution in [0.3, 0.4) is 0 Å². The lowest BCUT2D eigenvalue weighted by atomic mass is 9.94. The maximum atomic E-state index is 12.2. The lowest BCUT2D eigenvalue weighted by Crippen LogP contribution is -2.38. The van der Waals surface area contributed by atoms with Crippen molar-refractivity contribution in [2.24, 2.45) is 5.73 Å². The highest BCUT2D eigenvalue weighted by Gasteiger charge is 2.25. The summed E-state index contributed by atoms with van der Waals surface area (Å²) in [6.07, 6.45) is 2.06. The van der Waals surface area contributed by atoms with Crippen LogP contribution >= 0.6 is 0 Å². The van der Waals surface area contributed by atoms with Crippen molar-refractivity contribution in [2.75, 3.05) is 0 Å². The first kappa shape index (κ1) is 15.0. The average molecular weight is 298 g/mol. The Bertz CT molecular complexity index is 592. The van der Waals surface area contributed by atoms with Gasteiger partial charge in [-0.25, -0.2) is 13.1 Å². The molecule has 1 aliphatic carbocycles. The Morgan fingerprint density at radius 2 is 1.90 bits per heavy atom. The molecule has 1 fully saturated rings. The topological polar surface area (TPSA) is 109 Å². The first-order chi connectivity index (χ1) is 9.38. The quantitative estimate of drug-likeness (QED) is 0.745. The van der Waals surface area contributed by atoms with Gasteiger partial charge >= 0.3 is 0 Å². The molecule has 0 heterocycles. The Labute approximate surface area is 118 Å². The third-order valence-electron chi connectivity index (χ3n) is 3.45. The van der Waals surface area contributed by atoms with Gasteiger partial charge in [-0.1, -0.05) is 6.07 Å². The number of rotatable bonds is 4. The molecule has 0 saturated heterocycles. The molecule has 1 aromatic rings. The van der Waals surface area contributed by atoms with E-state index in [9.17, 15) is 18.3 Å². The van der Waals surface area contributed by atoms with E-state index in [0.29, 0.717) is 25.7 Å². The summed E-state index contributed by atoms with van der Waals surface area (Å²) in [6.45, 7) is 0. The Hall–Kier alpha value is -1.44. The molecule has 1 aliphatic rings. The number of hydrogen-bond donors (Lipinski definition) is 3.